The predicted octanol–water partition coefficient (Wildman–Crippen LogP) is 0.160. The fourth-order valence-electron chi connectivity index (χ4n) is 1.72. The minimum absolute atomic E-state index is 0.116. The van der Waals surface area contributed by atoms with E-state index < -0.39 is 4.92 Å². The van der Waals surface area contributed by atoms with Crippen molar-refractivity contribution in [3.8, 4) is 0 Å². The standard InChI is InChI=1S/C11H20N6O4/c1-20-6-3-4-16(5-7-21-2)10-9(17(18)19)8-13-11(14-10)15-12/h8H,3-7,12H2,1-2H3,(H,13,14,15). The number of nitrogens with one attached hydrogen (secondary N) is 1. The van der Waals surface area contributed by atoms with Gasteiger partial charge in [0.2, 0.25) is 11.8 Å². The Morgan fingerprint density at radius 2 is 2.10 bits per heavy atom. The lowest BCUT2D eigenvalue weighted by Gasteiger charge is -2.23. The summed E-state index contributed by atoms with van der Waals surface area (Å²) in [7, 11) is 3.16. The van der Waals surface area contributed by atoms with Crippen LogP contribution in [-0.2, 0) is 9.47 Å². The molecule has 1 aromatic rings. The Morgan fingerprint density at radius 1 is 1.38 bits per heavy atom. The van der Waals surface area contributed by atoms with Gasteiger partial charge in [0.05, 0.1) is 11.5 Å². The van der Waals surface area contributed by atoms with E-state index in [-0.39, 0.29) is 17.5 Å². The summed E-state index contributed by atoms with van der Waals surface area (Å²) in [4.78, 5) is 20.2. The van der Waals surface area contributed by atoms with Crippen molar-refractivity contribution in [2.75, 3.05) is 50.8 Å². The number of ether oxygens (including phenoxy) is 2. The molecule has 1 aromatic heterocycles. The number of nitro groups is 1. The monoisotopic (exact) mass is 300 g/mol. The molecule has 10 heteroatoms. The van der Waals surface area contributed by atoms with Gasteiger partial charge in [0.1, 0.15) is 6.20 Å². The van der Waals surface area contributed by atoms with Crippen molar-refractivity contribution in [1.82, 2.24) is 9.97 Å². The van der Waals surface area contributed by atoms with Crippen LogP contribution in [0.3, 0.4) is 0 Å². The van der Waals surface area contributed by atoms with Crippen molar-refractivity contribution < 1.29 is 14.4 Å². The summed E-state index contributed by atoms with van der Waals surface area (Å²) in [6, 6.07) is 0. The lowest BCUT2D eigenvalue weighted by molar-refractivity contribution is -0.384. The number of nitrogen functional groups attached to an aromatic ring is 1. The Kier molecular flexibility index (Phi) is 7.29. The number of hydrogen-bond acceptors (Lipinski definition) is 9. The predicted molar refractivity (Wildman–Crippen MR) is 77.1 cm³/mol. The topological polar surface area (TPSA) is 129 Å². The first-order chi connectivity index (χ1) is 10.1. The van der Waals surface area contributed by atoms with Gasteiger partial charge in [-0.3, -0.25) is 15.5 Å². The van der Waals surface area contributed by atoms with E-state index in [4.69, 9.17) is 15.3 Å². The van der Waals surface area contributed by atoms with Gasteiger partial charge in [-0.2, -0.15) is 4.98 Å². The number of nitrogens with two attached hydrogens (primary N) is 1. The average molecular weight is 300 g/mol. The number of aromatic nitrogens is 2. The van der Waals surface area contributed by atoms with Crippen molar-refractivity contribution in [1.29, 1.82) is 0 Å². The maximum absolute atomic E-state index is 11.1. The van der Waals surface area contributed by atoms with Gasteiger partial charge in [0, 0.05) is 33.9 Å². The van der Waals surface area contributed by atoms with Crippen LogP contribution in [0.4, 0.5) is 17.5 Å². The molecular formula is C11H20N6O4. The molecule has 0 aliphatic heterocycles. The fourth-order valence-corrected chi connectivity index (χ4v) is 1.72. The number of nitrogens with zero attached hydrogens (tertiary/aromatic N) is 4. The van der Waals surface area contributed by atoms with Crippen LogP contribution in [0.25, 0.3) is 0 Å². The summed E-state index contributed by atoms with van der Waals surface area (Å²) in [6.45, 7) is 1.96. The molecule has 0 atom stereocenters. The zero-order valence-electron chi connectivity index (χ0n) is 12.1. The van der Waals surface area contributed by atoms with Crippen LogP contribution in [0.2, 0.25) is 0 Å². The second kappa shape index (κ2) is 9.00. The third kappa shape index (κ3) is 5.10. The van der Waals surface area contributed by atoms with Crippen LogP contribution >= 0.6 is 0 Å². The van der Waals surface area contributed by atoms with Crippen molar-refractivity contribution in [3.05, 3.63) is 16.3 Å². The molecule has 10 nitrogen and oxygen atoms in total. The number of hydrazine groups is 1. The molecule has 0 fully saturated rings. The Morgan fingerprint density at radius 3 is 2.67 bits per heavy atom. The molecule has 1 heterocycles. The van der Waals surface area contributed by atoms with Crippen molar-refractivity contribution >= 4 is 17.5 Å². The second-order valence-corrected chi connectivity index (χ2v) is 4.13. The van der Waals surface area contributed by atoms with Gasteiger partial charge in [0.25, 0.3) is 0 Å². The molecule has 118 valence electrons. The molecule has 0 aliphatic rings. The fraction of sp³-hybridized carbons (Fsp3) is 0.636. The Hall–Kier alpha value is -2.04. The number of rotatable bonds is 10. The highest BCUT2D eigenvalue weighted by Gasteiger charge is 2.22. The molecule has 1 rings (SSSR count). The third-order valence-corrected chi connectivity index (χ3v) is 2.72. The molecule has 0 aliphatic carbocycles. The molecule has 3 N–H and O–H groups in total. The summed E-state index contributed by atoms with van der Waals surface area (Å²) in [5.41, 5.74) is 2.11. The summed E-state index contributed by atoms with van der Waals surface area (Å²) in [6.07, 6.45) is 1.83. The van der Waals surface area contributed by atoms with Crippen LogP contribution in [-0.4, -0.2) is 55.4 Å². The SMILES string of the molecule is COCCCN(CCOC)c1nc(NN)ncc1[N+](=O)[O-]. The number of methoxy groups -OCH3 is 2. The van der Waals surface area contributed by atoms with Crippen LogP contribution in [0, 0.1) is 10.1 Å². The smallest absolute Gasteiger partial charge is 0.329 e. The molecule has 0 saturated heterocycles. The average Bonchev–Trinajstić information content (AvgIpc) is 2.50. The van der Waals surface area contributed by atoms with E-state index in [2.05, 4.69) is 15.4 Å². The van der Waals surface area contributed by atoms with Gasteiger partial charge in [0.15, 0.2) is 0 Å². The van der Waals surface area contributed by atoms with E-state index in [9.17, 15) is 10.1 Å². The maximum atomic E-state index is 11.1. The van der Waals surface area contributed by atoms with Crippen LogP contribution < -0.4 is 16.2 Å². The van der Waals surface area contributed by atoms with Gasteiger partial charge in [-0.15, -0.1) is 0 Å². The normalized spacial score (nSPS) is 10.4. The van der Waals surface area contributed by atoms with Crippen LogP contribution in [0.5, 0.6) is 0 Å². The number of hydrogen-bond donors (Lipinski definition) is 2. The highest BCUT2D eigenvalue weighted by atomic mass is 16.6. The highest BCUT2D eigenvalue weighted by Crippen LogP contribution is 2.26. The van der Waals surface area contributed by atoms with Crippen LogP contribution in [0.15, 0.2) is 6.20 Å². The lowest BCUT2D eigenvalue weighted by Crippen LogP contribution is -2.31. The zero-order chi connectivity index (χ0) is 15.7. The first kappa shape index (κ1) is 17.0. The maximum Gasteiger partial charge on any atom is 0.329 e. The van der Waals surface area contributed by atoms with Crippen molar-refractivity contribution in [2.45, 2.75) is 6.42 Å². The first-order valence-electron chi connectivity index (χ1n) is 6.35. The van der Waals surface area contributed by atoms with Gasteiger partial charge >= 0.3 is 5.69 Å². The minimum Gasteiger partial charge on any atom is -0.385 e. The molecule has 0 unspecified atom stereocenters. The molecular weight excluding hydrogens is 280 g/mol. The molecule has 0 bridgehead atoms. The molecule has 0 aromatic carbocycles. The van der Waals surface area contributed by atoms with Crippen molar-refractivity contribution in [2.24, 2.45) is 5.84 Å². The molecule has 0 amide bonds. The largest absolute Gasteiger partial charge is 0.385 e. The molecule has 0 spiro atoms. The van der Waals surface area contributed by atoms with E-state index in [0.717, 1.165) is 6.20 Å². The van der Waals surface area contributed by atoms with E-state index in [0.29, 0.717) is 32.7 Å². The highest BCUT2D eigenvalue weighted by molar-refractivity contribution is 5.58. The lowest BCUT2D eigenvalue weighted by atomic mass is 10.3. The summed E-state index contributed by atoms with van der Waals surface area (Å²) < 4.78 is 10.0. The Labute approximate surface area is 122 Å². The van der Waals surface area contributed by atoms with E-state index >= 15 is 0 Å². The van der Waals surface area contributed by atoms with E-state index in [1.165, 1.54) is 0 Å². The quantitative estimate of drug-likeness (QED) is 0.268. The summed E-state index contributed by atoms with van der Waals surface area (Å²) in [5.74, 6) is 5.58. The van der Waals surface area contributed by atoms with Gasteiger partial charge < -0.3 is 14.4 Å². The third-order valence-electron chi connectivity index (χ3n) is 2.72. The van der Waals surface area contributed by atoms with Gasteiger partial charge in [-0.25, -0.2) is 10.8 Å². The van der Waals surface area contributed by atoms with Gasteiger partial charge in [-0.1, -0.05) is 0 Å². The van der Waals surface area contributed by atoms with Crippen LogP contribution in [0.1, 0.15) is 6.42 Å². The second-order valence-electron chi connectivity index (χ2n) is 4.13. The zero-order valence-corrected chi connectivity index (χ0v) is 12.1. The van der Waals surface area contributed by atoms with E-state index in [1.807, 2.05) is 0 Å². The van der Waals surface area contributed by atoms with Gasteiger partial charge in [-0.05, 0) is 6.42 Å². The summed E-state index contributed by atoms with van der Waals surface area (Å²) >= 11 is 0. The minimum atomic E-state index is -0.522. The molecule has 21 heavy (non-hydrogen) atoms. The molecule has 0 radical (unpaired) electrons. The summed E-state index contributed by atoms with van der Waals surface area (Å²) in [5, 5.41) is 11.1. The Bertz CT molecular complexity index is 458. The van der Waals surface area contributed by atoms with Crippen molar-refractivity contribution in [3.63, 3.8) is 0 Å². The first-order valence-corrected chi connectivity index (χ1v) is 6.35. The van der Waals surface area contributed by atoms with E-state index in [1.54, 1.807) is 19.1 Å². The molecule has 0 saturated carbocycles. The number of anilines is 2. The Balaban J connectivity index is 3.03.